The van der Waals surface area contributed by atoms with Gasteiger partial charge >= 0.3 is 0 Å². The molecule has 150 valence electrons. The summed E-state index contributed by atoms with van der Waals surface area (Å²) in [6.07, 6.45) is 6.42. The highest BCUT2D eigenvalue weighted by atomic mass is 16.5. The molecule has 0 heterocycles. The number of carbonyl (C=O) groups is 1. The van der Waals surface area contributed by atoms with E-state index in [9.17, 15) is 4.79 Å². The first-order valence-corrected chi connectivity index (χ1v) is 10.3. The zero-order valence-electron chi connectivity index (χ0n) is 17.1. The van der Waals surface area contributed by atoms with Crippen LogP contribution in [-0.2, 0) is 17.8 Å². The van der Waals surface area contributed by atoms with E-state index in [-0.39, 0.29) is 11.4 Å². The number of nitrogens with one attached hydrogen (secondary N) is 1. The average molecular weight is 381 g/mol. The first kappa shape index (κ1) is 20.4. The maximum atomic E-state index is 12.7. The predicted molar refractivity (Wildman–Crippen MR) is 113 cm³/mol. The number of amides is 1. The lowest BCUT2D eigenvalue weighted by atomic mass is 9.80. The summed E-state index contributed by atoms with van der Waals surface area (Å²) in [6, 6.07) is 17.9. The highest BCUT2D eigenvalue weighted by Crippen LogP contribution is 2.31. The molecule has 4 heteroatoms. The average Bonchev–Trinajstić information content (AvgIpc) is 2.73. The van der Waals surface area contributed by atoms with Gasteiger partial charge in [-0.15, -0.1) is 0 Å². The molecule has 0 aliphatic heterocycles. The van der Waals surface area contributed by atoms with Crippen LogP contribution in [-0.4, -0.2) is 37.0 Å². The summed E-state index contributed by atoms with van der Waals surface area (Å²) in [7, 11) is 4.26. The van der Waals surface area contributed by atoms with Gasteiger partial charge in [0.2, 0.25) is 5.91 Å². The maximum absolute atomic E-state index is 12.7. The highest BCUT2D eigenvalue weighted by molar-refractivity contribution is 5.79. The molecule has 28 heavy (non-hydrogen) atoms. The summed E-state index contributed by atoms with van der Waals surface area (Å²) >= 11 is 0. The molecule has 2 aromatic carbocycles. The van der Waals surface area contributed by atoms with Crippen molar-refractivity contribution in [3.8, 4) is 5.75 Å². The van der Waals surface area contributed by atoms with E-state index in [0.717, 1.165) is 29.7 Å². The van der Waals surface area contributed by atoms with Gasteiger partial charge in [0, 0.05) is 17.6 Å². The van der Waals surface area contributed by atoms with E-state index in [2.05, 4.69) is 24.3 Å². The van der Waals surface area contributed by atoms with Crippen molar-refractivity contribution in [2.75, 3.05) is 20.6 Å². The van der Waals surface area contributed by atoms with Crippen LogP contribution in [0.15, 0.2) is 54.6 Å². The number of hydrogen-bond donors (Lipinski definition) is 1. The van der Waals surface area contributed by atoms with E-state index in [0.29, 0.717) is 19.6 Å². The van der Waals surface area contributed by atoms with E-state index in [1.807, 2.05) is 54.6 Å². The summed E-state index contributed by atoms with van der Waals surface area (Å²) in [5, 5.41) is 3.19. The van der Waals surface area contributed by atoms with Crippen LogP contribution in [0.1, 0.15) is 43.2 Å². The Morgan fingerprint density at radius 2 is 1.68 bits per heavy atom. The fraction of sp³-hybridized carbons (Fsp3) is 0.458. The predicted octanol–water partition coefficient (Wildman–Crippen LogP) is 4.19. The Balaban J connectivity index is 1.58. The molecule has 0 spiro atoms. The maximum Gasteiger partial charge on any atom is 0.224 e. The van der Waals surface area contributed by atoms with E-state index in [4.69, 9.17) is 4.74 Å². The van der Waals surface area contributed by atoms with Gasteiger partial charge in [-0.05, 0) is 38.6 Å². The largest absolute Gasteiger partial charge is 0.489 e. The van der Waals surface area contributed by atoms with Gasteiger partial charge < -0.3 is 15.0 Å². The summed E-state index contributed by atoms with van der Waals surface area (Å²) in [6.45, 7) is 1.22. The minimum atomic E-state index is 0.0579. The van der Waals surface area contributed by atoms with E-state index < -0.39 is 0 Å². The molecule has 1 N–H and O–H groups in total. The van der Waals surface area contributed by atoms with Crippen molar-refractivity contribution in [3.63, 3.8) is 0 Å². The van der Waals surface area contributed by atoms with E-state index in [1.165, 1.54) is 19.3 Å². The molecule has 0 radical (unpaired) electrons. The van der Waals surface area contributed by atoms with Crippen molar-refractivity contribution >= 4 is 5.91 Å². The third-order valence-electron chi connectivity index (χ3n) is 5.91. The van der Waals surface area contributed by atoms with Crippen molar-refractivity contribution in [3.05, 3.63) is 65.7 Å². The molecule has 3 rings (SSSR count). The van der Waals surface area contributed by atoms with Gasteiger partial charge in [-0.3, -0.25) is 4.79 Å². The number of carbonyl (C=O) groups excluding carboxylic acids is 1. The Morgan fingerprint density at radius 1 is 1.00 bits per heavy atom. The lowest BCUT2D eigenvalue weighted by Gasteiger charge is -2.43. The summed E-state index contributed by atoms with van der Waals surface area (Å²) < 4.78 is 5.99. The van der Waals surface area contributed by atoms with Crippen molar-refractivity contribution < 1.29 is 9.53 Å². The molecule has 4 nitrogen and oxygen atoms in total. The number of likely N-dealkylation sites (N-methyl/N-ethyl adjacent to an activating group) is 1. The number of para-hydroxylation sites is 1. The van der Waals surface area contributed by atoms with Crippen LogP contribution in [0.5, 0.6) is 5.75 Å². The molecule has 0 bridgehead atoms. The second-order valence-corrected chi connectivity index (χ2v) is 8.01. The van der Waals surface area contributed by atoms with Gasteiger partial charge in [0.1, 0.15) is 12.4 Å². The van der Waals surface area contributed by atoms with Gasteiger partial charge in [0.25, 0.3) is 0 Å². The summed E-state index contributed by atoms with van der Waals surface area (Å²) in [5.74, 6) is 0.837. The third kappa shape index (κ3) is 5.35. The topological polar surface area (TPSA) is 41.6 Å². The van der Waals surface area contributed by atoms with Crippen LogP contribution in [0.25, 0.3) is 0 Å². The van der Waals surface area contributed by atoms with Crippen molar-refractivity contribution in [1.82, 2.24) is 10.2 Å². The standard InChI is InChI=1S/C24H32N2O2/c1-26(2)24(15-9-4-10-16-24)19-25-23(27)17-21-13-7-8-14-22(21)28-18-20-11-5-3-6-12-20/h3,5-8,11-14H,4,9-10,15-19H2,1-2H3,(H,25,27). The van der Waals surface area contributed by atoms with Crippen molar-refractivity contribution in [2.45, 2.75) is 50.7 Å². The molecule has 1 fully saturated rings. The second kappa shape index (κ2) is 9.74. The monoisotopic (exact) mass is 380 g/mol. The molecule has 1 saturated carbocycles. The smallest absolute Gasteiger partial charge is 0.224 e. The second-order valence-electron chi connectivity index (χ2n) is 8.01. The highest BCUT2D eigenvalue weighted by Gasteiger charge is 2.34. The van der Waals surface area contributed by atoms with Gasteiger partial charge in [0.15, 0.2) is 0 Å². The summed E-state index contributed by atoms with van der Waals surface area (Å²) in [5.41, 5.74) is 2.14. The lowest BCUT2D eigenvalue weighted by Crippen LogP contribution is -2.54. The lowest BCUT2D eigenvalue weighted by molar-refractivity contribution is -0.121. The van der Waals surface area contributed by atoms with Gasteiger partial charge in [-0.1, -0.05) is 67.8 Å². The molecule has 0 atom stereocenters. The zero-order valence-corrected chi connectivity index (χ0v) is 17.1. The third-order valence-corrected chi connectivity index (χ3v) is 5.91. The Morgan fingerprint density at radius 3 is 2.39 bits per heavy atom. The number of hydrogen-bond acceptors (Lipinski definition) is 3. The molecule has 2 aromatic rings. The number of rotatable bonds is 8. The van der Waals surface area contributed by atoms with Crippen LogP contribution < -0.4 is 10.1 Å². The SMILES string of the molecule is CN(C)C1(CNC(=O)Cc2ccccc2OCc2ccccc2)CCCCC1. The van der Waals surface area contributed by atoms with E-state index in [1.54, 1.807) is 0 Å². The Labute approximate surface area is 168 Å². The van der Waals surface area contributed by atoms with Crippen LogP contribution >= 0.6 is 0 Å². The zero-order chi connectivity index (χ0) is 19.8. The van der Waals surface area contributed by atoms with Crippen LogP contribution in [0.3, 0.4) is 0 Å². The molecule has 0 saturated heterocycles. The minimum Gasteiger partial charge on any atom is -0.489 e. The first-order valence-electron chi connectivity index (χ1n) is 10.3. The molecular weight excluding hydrogens is 348 g/mol. The molecular formula is C24H32N2O2. The van der Waals surface area contributed by atoms with Gasteiger partial charge in [0.05, 0.1) is 6.42 Å². The number of benzene rings is 2. The van der Waals surface area contributed by atoms with Crippen molar-refractivity contribution in [1.29, 1.82) is 0 Å². The van der Waals surface area contributed by atoms with Crippen molar-refractivity contribution in [2.24, 2.45) is 0 Å². The molecule has 1 amide bonds. The first-order chi connectivity index (χ1) is 13.6. The Hall–Kier alpha value is -2.33. The van der Waals surface area contributed by atoms with E-state index >= 15 is 0 Å². The number of ether oxygens (including phenoxy) is 1. The molecule has 0 aromatic heterocycles. The molecule has 1 aliphatic carbocycles. The summed E-state index contributed by atoms with van der Waals surface area (Å²) in [4.78, 5) is 15.0. The Kier molecular flexibility index (Phi) is 7.10. The molecule has 1 aliphatic rings. The number of nitrogens with zero attached hydrogens (tertiary/aromatic N) is 1. The van der Waals surface area contributed by atoms with Crippen LogP contribution in [0.2, 0.25) is 0 Å². The quantitative estimate of drug-likeness (QED) is 0.747. The van der Waals surface area contributed by atoms with Crippen LogP contribution in [0, 0.1) is 0 Å². The fourth-order valence-corrected chi connectivity index (χ4v) is 4.02. The van der Waals surface area contributed by atoms with Gasteiger partial charge in [-0.2, -0.15) is 0 Å². The van der Waals surface area contributed by atoms with Gasteiger partial charge in [-0.25, -0.2) is 0 Å². The normalized spacial score (nSPS) is 16.0. The minimum absolute atomic E-state index is 0.0579. The van der Waals surface area contributed by atoms with Crippen LogP contribution in [0.4, 0.5) is 0 Å². The molecule has 0 unspecified atom stereocenters. The fourth-order valence-electron chi connectivity index (χ4n) is 4.02. The Bertz CT molecular complexity index is 752.